The highest BCUT2D eigenvalue weighted by molar-refractivity contribution is 5.58. The molecule has 0 atom stereocenters. The van der Waals surface area contributed by atoms with Crippen molar-refractivity contribution in [2.24, 2.45) is 0 Å². The van der Waals surface area contributed by atoms with Gasteiger partial charge in [0.05, 0.1) is 5.69 Å². The normalized spacial score (nSPS) is 10.2. The van der Waals surface area contributed by atoms with Gasteiger partial charge in [-0.3, -0.25) is 4.79 Å². The molecule has 0 saturated heterocycles. The lowest BCUT2D eigenvalue weighted by atomic mass is 10.1. The summed E-state index contributed by atoms with van der Waals surface area (Å²) in [6, 6.07) is 11.6. The summed E-state index contributed by atoms with van der Waals surface area (Å²) in [6.07, 6.45) is 0.720. The predicted octanol–water partition coefficient (Wildman–Crippen LogP) is 2.00. The number of nitrogens with zero attached hydrogens (tertiary/aromatic N) is 1. The lowest BCUT2D eigenvalue weighted by molar-refractivity contribution is 0.944. The Bertz CT molecular complexity index is 503. The van der Waals surface area contributed by atoms with Crippen LogP contribution in [0.1, 0.15) is 12.5 Å². The Morgan fingerprint density at radius 1 is 1.27 bits per heavy atom. The summed E-state index contributed by atoms with van der Waals surface area (Å²) < 4.78 is 0. The maximum atomic E-state index is 11.3. The van der Waals surface area contributed by atoms with Crippen LogP contribution in [0, 0.1) is 0 Å². The van der Waals surface area contributed by atoms with E-state index in [0.717, 1.165) is 23.2 Å². The molecule has 0 unspecified atom stereocenters. The zero-order valence-electron chi connectivity index (χ0n) is 8.53. The summed E-state index contributed by atoms with van der Waals surface area (Å²) in [6.45, 7) is 1.96. The fourth-order valence-electron chi connectivity index (χ4n) is 1.47. The number of rotatable bonds is 2. The largest absolute Gasteiger partial charge is 0.268 e. The third-order valence-electron chi connectivity index (χ3n) is 2.33. The molecule has 1 heterocycles. The Kier molecular flexibility index (Phi) is 2.63. The summed E-state index contributed by atoms with van der Waals surface area (Å²) >= 11 is 0. The van der Waals surface area contributed by atoms with Gasteiger partial charge in [0.2, 0.25) is 0 Å². The minimum absolute atomic E-state index is 0.0998. The van der Waals surface area contributed by atoms with Crippen molar-refractivity contribution in [2.75, 3.05) is 0 Å². The molecule has 2 rings (SSSR count). The standard InChI is InChI=1S/C12H12N2O/c1-2-9-8-11(13-14-12(9)15)10-6-4-3-5-7-10/h3-8H,2H2,1H3,(H,14,15). The van der Waals surface area contributed by atoms with Crippen LogP contribution in [-0.4, -0.2) is 10.2 Å². The van der Waals surface area contributed by atoms with Crippen LogP contribution in [0.15, 0.2) is 41.2 Å². The Morgan fingerprint density at radius 3 is 2.67 bits per heavy atom. The average molecular weight is 200 g/mol. The second kappa shape index (κ2) is 4.09. The van der Waals surface area contributed by atoms with Crippen LogP contribution < -0.4 is 5.56 Å². The van der Waals surface area contributed by atoms with Crippen molar-refractivity contribution in [3.05, 3.63) is 52.3 Å². The molecule has 2 aromatic rings. The van der Waals surface area contributed by atoms with Gasteiger partial charge in [-0.2, -0.15) is 5.10 Å². The second-order valence-corrected chi connectivity index (χ2v) is 3.33. The molecule has 15 heavy (non-hydrogen) atoms. The molecule has 1 N–H and O–H groups in total. The first-order valence-electron chi connectivity index (χ1n) is 4.95. The van der Waals surface area contributed by atoms with Gasteiger partial charge in [0.15, 0.2) is 0 Å². The zero-order valence-corrected chi connectivity index (χ0v) is 8.53. The lowest BCUT2D eigenvalue weighted by Gasteiger charge is -2.01. The summed E-state index contributed by atoms with van der Waals surface area (Å²) in [5.74, 6) is 0. The molecule has 0 amide bonds. The van der Waals surface area contributed by atoms with E-state index in [2.05, 4.69) is 10.2 Å². The highest BCUT2D eigenvalue weighted by Crippen LogP contribution is 2.14. The molecule has 76 valence electrons. The minimum atomic E-state index is -0.0998. The summed E-state index contributed by atoms with van der Waals surface area (Å²) in [7, 11) is 0. The van der Waals surface area contributed by atoms with Gasteiger partial charge in [-0.1, -0.05) is 37.3 Å². The Labute approximate surface area is 87.8 Å². The number of aryl methyl sites for hydroxylation is 1. The maximum Gasteiger partial charge on any atom is 0.267 e. The molecule has 0 fully saturated rings. The van der Waals surface area contributed by atoms with Gasteiger partial charge < -0.3 is 0 Å². The van der Waals surface area contributed by atoms with Gasteiger partial charge in [-0.15, -0.1) is 0 Å². The van der Waals surface area contributed by atoms with Crippen molar-refractivity contribution >= 4 is 0 Å². The van der Waals surface area contributed by atoms with Crippen LogP contribution >= 0.6 is 0 Å². The predicted molar refractivity (Wildman–Crippen MR) is 59.7 cm³/mol. The molecule has 3 nitrogen and oxygen atoms in total. The number of aromatic amines is 1. The third-order valence-corrected chi connectivity index (χ3v) is 2.33. The van der Waals surface area contributed by atoms with E-state index in [-0.39, 0.29) is 5.56 Å². The van der Waals surface area contributed by atoms with E-state index in [1.807, 2.05) is 43.3 Å². The van der Waals surface area contributed by atoms with Crippen molar-refractivity contribution in [3.8, 4) is 11.3 Å². The number of hydrogen-bond donors (Lipinski definition) is 1. The first-order chi connectivity index (χ1) is 7.31. The van der Waals surface area contributed by atoms with E-state index in [1.54, 1.807) is 0 Å². The summed E-state index contributed by atoms with van der Waals surface area (Å²) in [5.41, 5.74) is 2.50. The van der Waals surface area contributed by atoms with Crippen LogP contribution in [0.4, 0.5) is 0 Å². The van der Waals surface area contributed by atoms with Crippen molar-refractivity contribution in [1.29, 1.82) is 0 Å². The molecular formula is C12H12N2O. The molecule has 0 aliphatic heterocycles. The molecule has 1 aromatic heterocycles. The van der Waals surface area contributed by atoms with Gasteiger partial charge >= 0.3 is 0 Å². The highest BCUT2D eigenvalue weighted by atomic mass is 16.1. The molecular weight excluding hydrogens is 188 g/mol. The molecule has 0 bridgehead atoms. The second-order valence-electron chi connectivity index (χ2n) is 3.33. The van der Waals surface area contributed by atoms with Crippen LogP contribution in [0.5, 0.6) is 0 Å². The topological polar surface area (TPSA) is 45.8 Å². The van der Waals surface area contributed by atoms with E-state index in [4.69, 9.17) is 0 Å². The average Bonchev–Trinajstić information content (AvgIpc) is 2.31. The number of H-pyrrole nitrogens is 1. The van der Waals surface area contributed by atoms with Gasteiger partial charge in [-0.25, -0.2) is 5.10 Å². The van der Waals surface area contributed by atoms with Gasteiger partial charge in [-0.05, 0) is 12.5 Å². The van der Waals surface area contributed by atoms with Gasteiger partial charge in [0, 0.05) is 11.1 Å². The van der Waals surface area contributed by atoms with Gasteiger partial charge in [0.25, 0.3) is 5.56 Å². The van der Waals surface area contributed by atoms with E-state index in [1.165, 1.54) is 0 Å². The molecule has 0 aliphatic rings. The zero-order chi connectivity index (χ0) is 10.7. The van der Waals surface area contributed by atoms with Gasteiger partial charge in [0.1, 0.15) is 0 Å². The molecule has 0 spiro atoms. The van der Waals surface area contributed by atoms with Crippen molar-refractivity contribution in [1.82, 2.24) is 10.2 Å². The smallest absolute Gasteiger partial charge is 0.267 e. The number of nitrogens with one attached hydrogen (secondary N) is 1. The lowest BCUT2D eigenvalue weighted by Crippen LogP contribution is -2.13. The van der Waals surface area contributed by atoms with E-state index in [0.29, 0.717) is 0 Å². The Balaban J connectivity index is 2.51. The van der Waals surface area contributed by atoms with Crippen LogP contribution in [0.25, 0.3) is 11.3 Å². The molecule has 0 aliphatic carbocycles. The van der Waals surface area contributed by atoms with Crippen molar-refractivity contribution < 1.29 is 0 Å². The van der Waals surface area contributed by atoms with Crippen molar-refractivity contribution in [2.45, 2.75) is 13.3 Å². The fourth-order valence-corrected chi connectivity index (χ4v) is 1.47. The molecule has 0 radical (unpaired) electrons. The quantitative estimate of drug-likeness (QED) is 0.805. The van der Waals surface area contributed by atoms with Crippen molar-refractivity contribution in [3.63, 3.8) is 0 Å². The first-order valence-corrected chi connectivity index (χ1v) is 4.95. The molecule has 3 heteroatoms. The Morgan fingerprint density at radius 2 is 2.00 bits per heavy atom. The van der Waals surface area contributed by atoms with Crippen LogP contribution in [-0.2, 0) is 6.42 Å². The Hall–Kier alpha value is -1.90. The highest BCUT2D eigenvalue weighted by Gasteiger charge is 2.02. The first kappa shape index (κ1) is 9.65. The monoisotopic (exact) mass is 200 g/mol. The van der Waals surface area contributed by atoms with Crippen LogP contribution in [0.2, 0.25) is 0 Å². The van der Waals surface area contributed by atoms with E-state index < -0.39 is 0 Å². The van der Waals surface area contributed by atoms with Crippen LogP contribution in [0.3, 0.4) is 0 Å². The number of benzene rings is 1. The SMILES string of the molecule is CCc1cc(-c2ccccc2)n[nH]c1=O. The summed E-state index contributed by atoms with van der Waals surface area (Å²) in [5, 5.41) is 6.53. The third kappa shape index (κ3) is 1.96. The molecule has 0 saturated carbocycles. The summed E-state index contributed by atoms with van der Waals surface area (Å²) in [4.78, 5) is 11.3. The van der Waals surface area contributed by atoms with E-state index >= 15 is 0 Å². The van der Waals surface area contributed by atoms with E-state index in [9.17, 15) is 4.79 Å². The fraction of sp³-hybridized carbons (Fsp3) is 0.167. The number of aromatic nitrogens is 2. The molecule has 1 aromatic carbocycles. The maximum absolute atomic E-state index is 11.3. The minimum Gasteiger partial charge on any atom is -0.268 e. The number of hydrogen-bond acceptors (Lipinski definition) is 2.